The van der Waals surface area contributed by atoms with Crippen LogP contribution in [0.3, 0.4) is 0 Å². The van der Waals surface area contributed by atoms with Crippen molar-refractivity contribution in [2.45, 2.75) is 12.6 Å². The molecule has 0 unspecified atom stereocenters. The minimum absolute atomic E-state index is 0.0779. The monoisotopic (exact) mass is 225 g/mol. The van der Waals surface area contributed by atoms with Crippen molar-refractivity contribution in [3.05, 3.63) is 16.1 Å². The number of rotatable bonds is 2. The van der Waals surface area contributed by atoms with Gasteiger partial charge < -0.3 is 4.74 Å². The Kier molecular flexibility index (Phi) is 3.10. The Hall–Kier alpha value is -1.11. The summed E-state index contributed by atoms with van der Waals surface area (Å²) in [6.07, 6.45) is -4.68. The van der Waals surface area contributed by atoms with Crippen molar-refractivity contribution in [2.24, 2.45) is 0 Å². The van der Waals surface area contributed by atoms with Gasteiger partial charge in [-0.3, -0.25) is 4.79 Å². The van der Waals surface area contributed by atoms with E-state index in [1.807, 2.05) is 0 Å². The zero-order valence-electron chi connectivity index (χ0n) is 7.09. The second-order valence-electron chi connectivity index (χ2n) is 2.39. The Morgan fingerprint density at radius 2 is 2.29 bits per heavy atom. The molecular formula is C7H6F3NO2S. The molecule has 14 heavy (non-hydrogen) atoms. The van der Waals surface area contributed by atoms with E-state index in [9.17, 15) is 18.0 Å². The number of carbonyl (C=O) groups is 1. The van der Waals surface area contributed by atoms with Crippen molar-refractivity contribution in [3.8, 4) is 0 Å². The van der Waals surface area contributed by atoms with Crippen LogP contribution in [0.5, 0.6) is 0 Å². The molecule has 0 aliphatic rings. The van der Waals surface area contributed by atoms with Crippen LogP contribution < -0.4 is 0 Å². The molecule has 78 valence electrons. The molecule has 3 nitrogen and oxygen atoms in total. The lowest BCUT2D eigenvalue weighted by Crippen LogP contribution is -2.07. The first kappa shape index (κ1) is 11.0. The molecule has 0 aliphatic carbocycles. The second-order valence-corrected chi connectivity index (χ2v) is 3.25. The molecule has 1 aromatic heterocycles. The summed E-state index contributed by atoms with van der Waals surface area (Å²) in [6.45, 7) is 0. The molecule has 0 atom stereocenters. The average molecular weight is 225 g/mol. The fraction of sp³-hybridized carbons (Fsp3) is 0.429. The van der Waals surface area contributed by atoms with Gasteiger partial charge in [0.2, 0.25) is 0 Å². The molecule has 0 bridgehead atoms. The Morgan fingerprint density at radius 3 is 2.71 bits per heavy atom. The average Bonchev–Trinajstić information content (AvgIpc) is 2.51. The van der Waals surface area contributed by atoms with E-state index in [1.54, 1.807) is 0 Å². The zero-order chi connectivity index (χ0) is 10.8. The van der Waals surface area contributed by atoms with Crippen molar-refractivity contribution in [3.63, 3.8) is 0 Å². The lowest BCUT2D eigenvalue weighted by Gasteiger charge is -1.99. The van der Waals surface area contributed by atoms with Crippen LogP contribution in [0, 0.1) is 0 Å². The smallest absolute Gasteiger partial charge is 0.443 e. The van der Waals surface area contributed by atoms with Crippen LogP contribution >= 0.6 is 11.3 Å². The van der Waals surface area contributed by atoms with E-state index >= 15 is 0 Å². The maximum Gasteiger partial charge on any atom is 0.443 e. The summed E-state index contributed by atoms with van der Waals surface area (Å²) in [4.78, 5) is 14.0. The van der Waals surface area contributed by atoms with E-state index in [1.165, 1.54) is 12.5 Å². The minimum atomic E-state index is -4.45. The van der Waals surface area contributed by atoms with Gasteiger partial charge in [-0.25, -0.2) is 4.98 Å². The number of aromatic nitrogens is 1. The van der Waals surface area contributed by atoms with Gasteiger partial charge in [-0.05, 0) is 0 Å². The summed E-state index contributed by atoms with van der Waals surface area (Å²) in [5.74, 6) is -0.607. The third-order valence-electron chi connectivity index (χ3n) is 1.35. The number of halogens is 3. The minimum Gasteiger partial charge on any atom is -0.469 e. The third-order valence-corrected chi connectivity index (χ3v) is 2.28. The van der Waals surface area contributed by atoms with Crippen molar-refractivity contribution in [1.82, 2.24) is 4.98 Å². The van der Waals surface area contributed by atoms with Gasteiger partial charge in [0, 0.05) is 5.38 Å². The van der Waals surface area contributed by atoms with Crippen molar-refractivity contribution < 1.29 is 22.7 Å². The molecule has 0 fully saturated rings. The fourth-order valence-electron chi connectivity index (χ4n) is 0.738. The van der Waals surface area contributed by atoms with Crippen LogP contribution in [-0.4, -0.2) is 18.1 Å². The van der Waals surface area contributed by atoms with E-state index in [0.29, 0.717) is 11.3 Å². The number of methoxy groups -OCH3 is 1. The summed E-state index contributed by atoms with van der Waals surface area (Å²) in [5, 5.41) is 0.246. The van der Waals surface area contributed by atoms with E-state index in [-0.39, 0.29) is 12.1 Å². The number of esters is 1. The Balaban J connectivity index is 2.74. The Morgan fingerprint density at radius 1 is 1.64 bits per heavy atom. The molecule has 0 amide bonds. The SMILES string of the molecule is COC(=O)Cc1csc(C(F)(F)F)n1. The fourth-order valence-corrected chi connectivity index (χ4v) is 1.43. The van der Waals surface area contributed by atoms with E-state index in [0.717, 1.165) is 0 Å². The molecule has 0 aromatic carbocycles. The lowest BCUT2D eigenvalue weighted by atomic mass is 10.3. The molecule has 1 aromatic rings. The number of thiazole rings is 1. The molecule has 0 spiro atoms. The first-order valence-electron chi connectivity index (χ1n) is 3.52. The summed E-state index contributed by atoms with van der Waals surface area (Å²) < 4.78 is 40.5. The quantitative estimate of drug-likeness (QED) is 0.721. The summed E-state index contributed by atoms with van der Waals surface area (Å²) >= 11 is 0.465. The standard InChI is InChI=1S/C7H6F3NO2S/c1-13-5(12)2-4-3-14-6(11-4)7(8,9)10/h3H,2H2,1H3. The van der Waals surface area contributed by atoms with Gasteiger partial charge >= 0.3 is 12.1 Å². The Bertz CT molecular complexity index is 334. The highest BCUT2D eigenvalue weighted by molar-refractivity contribution is 7.09. The topological polar surface area (TPSA) is 39.2 Å². The van der Waals surface area contributed by atoms with E-state index in [4.69, 9.17) is 0 Å². The highest BCUT2D eigenvalue weighted by Gasteiger charge is 2.34. The number of ether oxygens (including phenoxy) is 1. The van der Waals surface area contributed by atoms with E-state index < -0.39 is 17.2 Å². The molecule has 7 heteroatoms. The summed E-state index contributed by atoms with van der Waals surface area (Å²) in [7, 11) is 1.17. The van der Waals surface area contributed by atoms with Gasteiger partial charge in [0.1, 0.15) is 0 Å². The molecular weight excluding hydrogens is 219 g/mol. The number of nitrogens with zero attached hydrogens (tertiary/aromatic N) is 1. The number of alkyl halides is 3. The second kappa shape index (κ2) is 3.95. The van der Waals surface area contributed by atoms with Crippen molar-refractivity contribution >= 4 is 17.3 Å². The van der Waals surface area contributed by atoms with Crippen molar-refractivity contribution in [1.29, 1.82) is 0 Å². The molecule has 0 radical (unpaired) electrons. The predicted octanol–water partition coefficient (Wildman–Crippen LogP) is 1.88. The molecule has 1 rings (SSSR count). The van der Waals surface area contributed by atoms with Crippen LogP contribution in [0.4, 0.5) is 13.2 Å². The molecule has 0 saturated heterocycles. The molecule has 0 saturated carbocycles. The van der Waals surface area contributed by atoms with Crippen LogP contribution in [0.25, 0.3) is 0 Å². The van der Waals surface area contributed by atoms with Gasteiger partial charge in [-0.15, -0.1) is 11.3 Å². The number of hydrogen-bond donors (Lipinski definition) is 0. The van der Waals surface area contributed by atoms with Gasteiger partial charge in [0.05, 0.1) is 19.2 Å². The van der Waals surface area contributed by atoms with Gasteiger partial charge in [0.25, 0.3) is 0 Å². The van der Waals surface area contributed by atoms with Gasteiger partial charge in [-0.2, -0.15) is 13.2 Å². The normalized spacial score (nSPS) is 11.4. The summed E-state index contributed by atoms with van der Waals surface area (Å²) in [6, 6.07) is 0. The van der Waals surface area contributed by atoms with Gasteiger partial charge in [-0.1, -0.05) is 0 Å². The molecule has 0 N–H and O–H groups in total. The maximum absolute atomic E-state index is 12.1. The lowest BCUT2D eigenvalue weighted by molar-refractivity contribution is -0.141. The molecule has 0 aliphatic heterocycles. The third kappa shape index (κ3) is 2.69. The van der Waals surface area contributed by atoms with Crippen LogP contribution in [0.2, 0.25) is 0 Å². The Labute approximate surface area is 81.5 Å². The molecule has 1 heterocycles. The predicted molar refractivity (Wildman–Crippen MR) is 42.8 cm³/mol. The highest BCUT2D eigenvalue weighted by Crippen LogP contribution is 2.31. The highest BCUT2D eigenvalue weighted by atomic mass is 32.1. The zero-order valence-corrected chi connectivity index (χ0v) is 7.91. The van der Waals surface area contributed by atoms with Crippen LogP contribution in [0.15, 0.2) is 5.38 Å². The largest absolute Gasteiger partial charge is 0.469 e. The number of hydrogen-bond acceptors (Lipinski definition) is 4. The van der Waals surface area contributed by atoms with Crippen LogP contribution in [0.1, 0.15) is 10.7 Å². The number of carbonyl (C=O) groups excluding carboxylic acids is 1. The summed E-state index contributed by atoms with van der Waals surface area (Å²) in [5.41, 5.74) is 0.0779. The first-order chi connectivity index (χ1) is 6.43. The maximum atomic E-state index is 12.1. The van der Waals surface area contributed by atoms with Crippen LogP contribution in [-0.2, 0) is 22.1 Å². The van der Waals surface area contributed by atoms with Gasteiger partial charge in [0.15, 0.2) is 5.01 Å². The van der Waals surface area contributed by atoms with Crippen molar-refractivity contribution in [2.75, 3.05) is 7.11 Å². The van der Waals surface area contributed by atoms with E-state index in [2.05, 4.69) is 9.72 Å². The first-order valence-corrected chi connectivity index (χ1v) is 4.40.